The number of pyridine rings is 2. The second-order valence-electron chi connectivity index (χ2n) is 7.64. The summed E-state index contributed by atoms with van der Waals surface area (Å²) in [6, 6.07) is 8.65. The first-order valence-electron chi connectivity index (χ1n) is 10.5. The molecule has 0 radical (unpaired) electrons. The first kappa shape index (κ1) is 23.8. The molecule has 2 heterocycles. The standard InChI is InChI=1S/C21H37N4O3P/c1-3-4-6-13-23-16-9-20(10-17-23)21-11-18-24(19-12-21)14-7-5-8-15-25(26)28-29(2,22)27/h9-12,16-19,26-27,29H,3-8,13-15,22H2,1-2H3/q+2. The van der Waals surface area contributed by atoms with Crippen LogP contribution in [0.15, 0.2) is 49.1 Å². The van der Waals surface area contributed by atoms with Crippen LogP contribution in [0.4, 0.5) is 0 Å². The molecule has 0 amide bonds. The number of hydrogen-bond donors (Lipinski definition) is 3. The third-order valence-electron chi connectivity index (χ3n) is 4.69. The number of aryl methyl sites for hydroxylation is 2. The summed E-state index contributed by atoms with van der Waals surface area (Å²) in [4.78, 5) is 9.39. The van der Waals surface area contributed by atoms with Gasteiger partial charge in [-0.05, 0) is 6.42 Å². The fourth-order valence-corrected chi connectivity index (χ4v) is 3.64. The number of nitrogens with zero attached hydrogens (tertiary/aromatic N) is 3. The van der Waals surface area contributed by atoms with Crippen LogP contribution in [0.1, 0.15) is 45.4 Å². The summed E-state index contributed by atoms with van der Waals surface area (Å²) < 4.78 is 9.26. The average Bonchev–Trinajstić information content (AvgIpc) is 2.68. The molecule has 0 aliphatic carbocycles. The van der Waals surface area contributed by atoms with Gasteiger partial charge in [0.1, 0.15) is 6.54 Å². The van der Waals surface area contributed by atoms with E-state index < -0.39 is 7.87 Å². The molecule has 2 rings (SSSR count). The zero-order chi connectivity index (χ0) is 21.1. The molecule has 7 nitrogen and oxygen atoms in total. The molecule has 0 aliphatic rings. The Hall–Kier alpha value is -1.47. The number of hydrogen-bond acceptors (Lipinski definition) is 5. The Kier molecular flexibility index (Phi) is 10.1. The molecule has 2 aromatic heterocycles. The van der Waals surface area contributed by atoms with Crippen LogP contribution in [0.5, 0.6) is 0 Å². The Bertz CT molecular complexity index is 705. The van der Waals surface area contributed by atoms with E-state index in [1.807, 2.05) is 0 Å². The van der Waals surface area contributed by atoms with E-state index >= 15 is 0 Å². The van der Waals surface area contributed by atoms with Gasteiger partial charge in [-0.3, -0.25) is 0 Å². The third kappa shape index (κ3) is 9.72. The molecule has 162 valence electrons. The average molecular weight is 425 g/mol. The third-order valence-corrected chi connectivity index (χ3v) is 5.27. The Labute approximate surface area is 174 Å². The van der Waals surface area contributed by atoms with Crippen molar-refractivity contribution in [1.29, 1.82) is 0 Å². The van der Waals surface area contributed by atoms with Crippen LogP contribution in [0.3, 0.4) is 0 Å². The summed E-state index contributed by atoms with van der Waals surface area (Å²) in [5.41, 5.74) is 7.84. The molecule has 0 fully saturated rings. The predicted molar refractivity (Wildman–Crippen MR) is 116 cm³/mol. The summed E-state index contributed by atoms with van der Waals surface area (Å²) in [5.74, 6) is 0. The van der Waals surface area contributed by atoms with Crippen LogP contribution >= 0.6 is 7.87 Å². The van der Waals surface area contributed by atoms with Crippen molar-refractivity contribution >= 4 is 7.87 Å². The monoisotopic (exact) mass is 424 g/mol. The topological polar surface area (TPSA) is 86.7 Å². The van der Waals surface area contributed by atoms with Gasteiger partial charge in [0.25, 0.3) is 0 Å². The van der Waals surface area contributed by atoms with E-state index in [9.17, 15) is 10.1 Å². The molecule has 0 atom stereocenters. The van der Waals surface area contributed by atoms with Gasteiger partial charge in [-0.1, -0.05) is 13.3 Å². The SMILES string of the molecule is CCCCC[n+]1ccc(-c2cc[n+](CCCCCN(O)O[PH](C)(N)O)cc2)cc1. The Balaban J connectivity index is 1.72. The van der Waals surface area contributed by atoms with E-state index in [0.29, 0.717) is 11.8 Å². The zero-order valence-corrected chi connectivity index (χ0v) is 18.7. The molecule has 0 bridgehead atoms. The van der Waals surface area contributed by atoms with E-state index in [2.05, 4.69) is 65.1 Å². The Morgan fingerprint density at radius 2 is 1.38 bits per heavy atom. The van der Waals surface area contributed by atoms with Crippen molar-refractivity contribution in [1.82, 2.24) is 5.23 Å². The molecule has 0 aromatic carbocycles. The van der Waals surface area contributed by atoms with Gasteiger partial charge in [0.05, 0.1) is 0 Å². The molecule has 0 unspecified atom stereocenters. The van der Waals surface area contributed by atoms with Crippen LogP contribution < -0.4 is 14.6 Å². The van der Waals surface area contributed by atoms with Crippen LogP contribution in [0.2, 0.25) is 0 Å². The number of aromatic nitrogens is 2. The summed E-state index contributed by atoms with van der Waals surface area (Å²) in [5, 5.41) is 10.2. The summed E-state index contributed by atoms with van der Waals surface area (Å²) >= 11 is 0. The zero-order valence-electron chi connectivity index (χ0n) is 17.7. The fourth-order valence-electron chi connectivity index (χ4n) is 3.12. The molecule has 0 saturated heterocycles. The van der Waals surface area contributed by atoms with E-state index in [-0.39, 0.29) is 0 Å². The number of unbranched alkanes of at least 4 members (excludes halogenated alkanes) is 4. The Morgan fingerprint density at radius 3 is 1.83 bits per heavy atom. The van der Waals surface area contributed by atoms with Crippen molar-refractivity contribution in [3.63, 3.8) is 0 Å². The van der Waals surface area contributed by atoms with Crippen molar-refractivity contribution < 1.29 is 23.9 Å². The van der Waals surface area contributed by atoms with Crippen molar-refractivity contribution in [2.24, 2.45) is 5.50 Å². The minimum absolute atomic E-state index is 0.330. The number of rotatable bonds is 13. The quantitative estimate of drug-likeness (QED) is 0.199. The molecule has 29 heavy (non-hydrogen) atoms. The van der Waals surface area contributed by atoms with Gasteiger partial charge in [-0.2, -0.15) is 0 Å². The van der Waals surface area contributed by atoms with Crippen LogP contribution in [0, 0.1) is 0 Å². The molecular formula is C21H37N4O3P+2. The minimum atomic E-state index is -3.22. The smallest absolute Gasteiger partial charge is 0.00993 e. The summed E-state index contributed by atoms with van der Waals surface area (Å²) in [6.07, 6.45) is 15.0. The van der Waals surface area contributed by atoms with Gasteiger partial charge in [0.15, 0.2) is 12.4 Å². The second kappa shape index (κ2) is 12.3. The molecule has 0 spiro atoms. The van der Waals surface area contributed by atoms with Crippen LogP contribution in [-0.2, 0) is 17.7 Å². The van der Waals surface area contributed by atoms with E-state index in [0.717, 1.165) is 32.4 Å². The van der Waals surface area contributed by atoms with Gasteiger partial charge < -0.3 is 0 Å². The summed E-state index contributed by atoms with van der Waals surface area (Å²) in [6.45, 7) is 5.95. The van der Waals surface area contributed by atoms with Gasteiger partial charge in [0, 0.05) is 18.6 Å². The minimum Gasteiger partial charge on any atom is 0.00993 e. The Morgan fingerprint density at radius 1 is 0.897 bits per heavy atom. The van der Waals surface area contributed by atoms with Gasteiger partial charge in [0.2, 0.25) is 0 Å². The van der Waals surface area contributed by atoms with Crippen LogP contribution in [-0.4, -0.2) is 28.5 Å². The van der Waals surface area contributed by atoms with Gasteiger partial charge in [-0.25, -0.2) is 4.57 Å². The van der Waals surface area contributed by atoms with Crippen molar-refractivity contribution in [3.8, 4) is 11.1 Å². The largest absolute Gasteiger partial charge is 0.169 e. The molecule has 4 N–H and O–H groups in total. The predicted octanol–water partition coefficient (Wildman–Crippen LogP) is 2.99. The van der Waals surface area contributed by atoms with E-state index in [1.54, 1.807) is 0 Å². The molecule has 2 aromatic rings. The van der Waals surface area contributed by atoms with Crippen LogP contribution in [0.25, 0.3) is 11.1 Å². The van der Waals surface area contributed by atoms with Gasteiger partial charge in [-0.15, -0.1) is 0 Å². The maximum Gasteiger partial charge on any atom is 0.169 e. The van der Waals surface area contributed by atoms with Crippen molar-refractivity contribution in [3.05, 3.63) is 49.1 Å². The maximum absolute atomic E-state index is 9.51. The van der Waals surface area contributed by atoms with E-state index in [4.69, 9.17) is 10.1 Å². The molecule has 8 heteroatoms. The molecular weight excluding hydrogens is 387 g/mol. The molecule has 0 saturated carbocycles. The number of hydroxylamine groups is 2. The second-order valence-corrected chi connectivity index (χ2v) is 9.93. The van der Waals surface area contributed by atoms with Crippen molar-refractivity contribution in [2.45, 2.75) is 58.5 Å². The fraction of sp³-hybridized carbons (Fsp3) is 0.524. The number of nitrogens with two attached hydrogens (primary N) is 1. The normalized spacial score (nSPS) is 12.5. The van der Waals surface area contributed by atoms with E-state index in [1.165, 1.54) is 37.1 Å². The summed E-state index contributed by atoms with van der Waals surface area (Å²) in [7, 11) is -3.22. The van der Waals surface area contributed by atoms with Crippen molar-refractivity contribution in [2.75, 3.05) is 13.2 Å². The first-order chi connectivity index (χ1) is 13.9. The first-order valence-corrected chi connectivity index (χ1v) is 13.0. The molecule has 0 aliphatic heterocycles. The van der Waals surface area contributed by atoms with Gasteiger partial charge >= 0.3 is 113 Å². The maximum atomic E-state index is 9.51.